The first-order valence-electron chi connectivity index (χ1n) is 43.4. The average molecular weight is 1770 g/mol. The number of anilines is 4. The second kappa shape index (κ2) is 39.2. The number of carbonyl (C=O) groups is 4. The Bertz CT molecular complexity index is 6140. The Kier molecular flexibility index (Phi) is 26.3. The molecule has 10 atom stereocenters. The highest BCUT2D eigenvalue weighted by Crippen LogP contribution is 2.34. The van der Waals surface area contributed by atoms with Crippen LogP contribution < -0.4 is 42.5 Å². The van der Waals surface area contributed by atoms with Crippen LogP contribution in [0.15, 0.2) is 117 Å². The lowest BCUT2D eigenvalue weighted by Crippen LogP contribution is -2.47. The molecular formula is C86H97F5N34O4. The van der Waals surface area contributed by atoms with Crippen LogP contribution in [0.4, 0.5) is 54.8 Å². The number of pyridine rings is 4. The van der Waals surface area contributed by atoms with Crippen molar-refractivity contribution in [2.24, 2.45) is 25.9 Å². The molecule has 0 spiro atoms. The van der Waals surface area contributed by atoms with E-state index in [9.17, 15) is 41.1 Å². The van der Waals surface area contributed by atoms with Gasteiger partial charge in [-0.1, -0.05) is 13.8 Å². The third kappa shape index (κ3) is 21.0. The highest BCUT2D eigenvalue weighted by molar-refractivity contribution is 5.94. The van der Waals surface area contributed by atoms with Crippen LogP contribution in [0.1, 0.15) is 150 Å². The van der Waals surface area contributed by atoms with Gasteiger partial charge in [-0.15, -0.1) is 0 Å². The molecule has 6 fully saturated rings. The Labute approximate surface area is 734 Å². The standard InChI is InChI=1S/2C22H27FN8O.C21H21F2N9O.C21H22FN9O/c2*1-13-7-9-31(12-13)22(32)27-15-5-2-4-14(10-15)26-20-17(23)11-25-21(28-20)18-16-6-3-8-24-19(16)30-29-18;1-32-9-16(26-10-32)21(33)28-13-4-2-3-12(6-13)27-19-15(23)8-25-20(29-19)17-14-5-11(22)7-24-18(14)31-30-17;1-31-10-16(25-11-31)21(32)27-13-5-2-4-12(8-13)26-19-15(22)9-24-20(28-19)17-14-6-3-7-23-18(14)30-29-17/h2*3,6,8,11,13-15H,2,4-5,7,9-10,12H2,1H3,(H,27,32)(H,24,29,30)(H,25,26,28);5,7-10,12-13H,2-4,6H2,1H3,(H,28,33)(H,24,30,31)(H,25,27,29);3,6-7,9-13H,2,4-5,8H2,1H3,(H,27,32)(H,23,29,30)(H,24,26,28)/t13-,14+,15-;13-,14-,15+;2*12-,13+/m1000/s1. The highest BCUT2D eigenvalue weighted by atomic mass is 19.1. The van der Waals surface area contributed by atoms with Gasteiger partial charge in [-0.2, -0.15) is 20.4 Å². The van der Waals surface area contributed by atoms with Gasteiger partial charge in [0.05, 0.1) is 49.0 Å². The zero-order valence-corrected chi connectivity index (χ0v) is 71.2. The van der Waals surface area contributed by atoms with Crippen LogP contribution in [0.2, 0.25) is 0 Å². The molecule has 670 valence electrons. The molecule has 12 N–H and O–H groups in total. The van der Waals surface area contributed by atoms with Crippen molar-refractivity contribution < 1.29 is 41.1 Å². The lowest BCUT2D eigenvalue weighted by atomic mass is 9.91. The minimum Gasteiger partial charge on any atom is -0.365 e. The minimum atomic E-state index is -0.605. The van der Waals surface area contributed by atoms with E-state index in [-0.39, 0.29) is 101 Å². The minimum absolute atomic E-state index is 0.00948. The molecule has 2 saturated heterocycles. The SMILES string of the molecule is C[C@@H]1CCN(C(=O)N[C@@H]2CCC[C@H](Nc3nc(-c4[nH]nc5ncccc45)ncc3F)C2)C1.C[C@H]1CCN(C(=O)N[C@@H]2CCC[C@H](Nc3nc(-c4[nH]nc5ncccc45)ncc3F)C2)C1.Cn1cnc(C(=O)N[C@@H]2CCC[C@H](Nc3nc(-c4[nH]nc5ncc(F)cc45)ncc3F)C2)c1.Cn1cnc(C(=O)N[C@@H]2CCC[C@H](Nc3nc(-c4[nH]nc5ncccc45)ncc3F)C2)c1. The molecular weight excluding hydrogens is 1670 g/mol. The number of nitrogens with one attached hydrogen (secondary N) is 12. The third-order valence-electron chi connectivity index (χ3n) is 23.9. The first-order chi connectivity index (χ1) is 62.6. The third-order valence-corrected chi connectivity index (χ3v) is 23.9. The van der Waals surface area contributed by atoms with Crippen LogP contribution in [-0.2, 0) is 14.1 Å². The van der Waals surface area contributed by atoms with Crippen LogP contribution in [0.3, 0.4) is 0 Å². The van der Waals surface area contributed by atoms with Crippen LogP contribution >= 0.6 is 0 Å². The quantitative estimate of drug-likeness (QED) is 0.0355. The Balaban J connectivity index is 0.000000121. The number of urea groups is 2. The summed E-state index contributed by atoms with van der Waals surface area (Å²) in [4.78, 5) is 112. The number of likely N-dealkylation sites (tertiary alicyclic amines) is 2. The maximum Gasteiger partial charge on any atom is 0.317 e. The summed E-state index contributed by atoms with van der Waals surface area (Å²) in [6, 6.07) is 12.3. The average Bonchev–Trinajstić information content (AvgIpc) is 1.69. The second-order valence-electron chi connectivity index (χ2n) is 33.8. The van der Waals surface area contributed by atoms with Gasteiger partial charge < -0.3 is 61.5 Å². The van der Waals surface area contributed by atoms with E-state index in [1.165, 1.54) is 18.5 Å². The van der Waals surface area contributed by atoms with Gasteiger partial charge in [0.1, 0.15) is 40.0 Å². The van der Waals surface area contributed by atoms with Crippen molar-refractivity contribution in [1.29, 1.82) is 0 Å². The lowest BCUT2D eigenvalue weighted by Gasteiger charge is -2.32. The van der Waals surface area contributed by atoms with Gasteiger partial charge in [0.15, 0.2) is 92.4 Å². The molecule has 0 bridgehead atoms. The number of imidazole rings is 2. The summed E-state index contributed by atoms with van der Waals surface area (Å²) >= 11 is 0. The summed E-state index contributed by atoms with van der Waals surface area (Å²) in [5, 5.41) is 55.8. The second-order valence-corrected chi connectivity index (χ2v) is 33.8. The topological polar surface area (TPSA) is 476 Å². The van der Waals surface area contributed by atoms with E-state index in [0.717, 1.165) is 164 Å². The first kappa shape index (κ1) is 86.7. The molecule has 14 aromatic heterocycles. The van der Waals surface area contributed by atoms with Crippen molar-refractivity contribution in [3.05, 3.63) is 158 Å². The fraction of sp³-hybridized carbons (Fsp3) is 0.419. The summed E-state index contributed by atoms with van der Waals surface area (Å²) < 4.78 is 75.2. The van der Waals surface area contributed by atoms with Crippen LogP contribution in [0.25, 0.3) is 90.2 Å². The van der Waals surface area contributed by atoms with E-state index >= 15 is 0 Å². The molecule has 129 heavy (non-hydrogen) atoms. The van der Waals surface area contributed by atoms with E-state index in [1.807, 2.05) is 47.2 Å². The smallest absolute Gasteiger partial charge is 0.317 e. The Morgan fingerprint density at radius 3 is 0.992 bits per heavy atom. The van der Waals surface area contributed by atoms with E-state index < -0.39 is 29.1 Å². The van der Waals surface area contributed by atoms with Gasteiger partial charge >= 0.3 is 12.1 Å². The predicted molar refractivity (Wildman–Crippen MR) is 467 cm³/mol. The number of aromatic nitrogens is 24. The number of rotatable bonds is 18. The summed E-state index contributed by atoms with van der Waals surface area (Å²) in [6.45, 7) is 7.59. The molecule has 14 aromatic rings. The number of H-pyrrole nitrogens is 4. The molecule has 4 saturated carbocycles. The summed E-state index contributed by atoms with van der Waals surface area (Å²) in [5.74, 6) is -0.301. The van der Waals surface area contributed by atoms with E-state index in [4.69, 9.17) is 0 Å². The van der Waals surface area contributed by atoms with Crippen molar-refractivity contribution >= 4 is 91.3 Å². The summed E-state index contributed by atoms with van der Waals surface area (Å²) in [6.07, 6.45) is 32.6. The molecule has 20 rings (SSSR count). The maximum absolute atomic E-state index is 14.5. The number of nitrogens with zero attached hydrogens (tertiary/aromatic N) is 22. The lowest BCUT2D eigenvalue weighted by molar-refractivity contribution is 0.0913. The van der Waals surface area contributed by atoms with Crippen molar-refractivity contribution in [2.75, 3.05) is 47.4 Å². The first-order valence-corrected chi connectivity index (χ1v) is 43.4. The Hall–Kier alpha value is -14.5. The van der Waals surface area contributed by atoms with Gasteiger partial charge in [0.25, 0.3) is 11.8 Å². The molecule has 43 heteroatoms. The zero-order chi connectivity index (χ0) is 89.2. The zero-order valence-electron chi connectivity index (χ0n) is 71.2. The van der Waals surface area contributed by atoms with E-state index in [2.05, 4.69) is 167 Å². The molecule has 16 heterocycles. The number of aryl methyl sites for hydroxylation is 2. The largest absolute Gasteiger partial charge is 0.365 e. The Morgan fingerprint density at radius 2 is 0.682 bits per heavy atom. The van der Waals surface area contributed by atoms with E-state index in [0.29, 0.717) is 104 Å². The number of carbonyl (C=O) groups excluding carboxylic acids is 4. The molecule has 0 radical (unpaired) electrons. The summed E-state index contributed by atoms with van der Waals surface area (Å²) in [7, 11) is 3.62. The van der Waals surface area contributed by atoms with Crippen molar-refractivity contribution in [3.8, 4) is 46.1 Å². The van der Waals surface area contributed by atoms with Crippen LogP contribution in [0, 0.1) is 40.9 Å². The molecule has 4 aliphatic carbocycles. The molecule has 38 nitrogen and oxygen atoms in total. The normalized spacial score (nSPS) is 20.9. The molecule has 0 aromatic carbocycles. The molecule has 2 aliphatic heterocycles. The van der Waals surface area contributed by atoms with Crippen LogP contribution in [0.5, 0.6) is 0 Å². The number of amides is 6. The van der Waals surface area contributed by atoms with Gasteiger partial charge in [-0.3, -0.25) is 30.0 Å². The highest BCUT2D eigenvalue weighted by Gasteiger charge is 2.34. The maximum atomic E-state index is 14.5. The van der Waals surface area contributed by atoms with Gasteiger partial charge in [0, 0.05) is 136 Å². The van der Waals surface area contributed by atoms with Gasteiger partial charge in [-0.05, 0) is 170 Å². The number of hydrogen-bond acceptors (Lipinski definition) is 26. The fourth-order valence-electron chi connectivity index (χ4n) is 17.4. The number of halogens is 5. The van der Waals surface area contributed by atoms with Gasteiger partial charge in [0.2, 0.25) is 0 Å². The number of aromatic amines is 4. The molecule has 6 aliphatic rings. The Morgan fingerprint density at radius 1 is 0.372 bits per heavy atom. The number of fused-ring (bicyclic) bond motifs is 4. The summed E-state index contributed by atoms with van der Waals surface area (Å²) in [5.41, 5.74) is 4.86. The fourth-order valence-corrected chi connectivity index (χ4v) is 17.4. The molecule has 0 unspecified atom stereocenters. The van der Waals surface area contributed by atoms with Gasteiger partial charge in [-0.25, -0.2) is 101 Å². The monoisotopic (exact) mass is 1760 g/mol. The van der Waals surface area contributed by atoms with Crippen LogP contribution in [-0.4, -0.2) is 228 Å². The predicted octanol–water partition coefficient (Wildman–Crippen LogP) is 11.7. The van der Waals surface area contributed by atoms with Crippen molar-refractivity contribution in [3.63, 3.8) is 0 Å². The van der Waals surface area contributed by atoms with Crippen molar-refractivity contribution in [1.82, 2.24) is 151 Å². The number of hydrogen-bond donors (Lipinski definition) is 12. The molecule has 6 amide bonds. The van der Waals surface area contributed by atoms with Crippen molar-refractivity contribution in [2.45, 2.75) is 178 Å². The van der Waals surface area contributed by atoms with E-state index in [1.54, 1.807) is 65.9 Å².